The lowest BCUT2D eigenvalue weighted by Crippen LogP contribution is -2.18. The first-order valence-electron chi connectivity index (χ1n) is 19.7. The van der Waals surface area contributed by atoms with Gasteiger partial charge < -0.3 is 9.64 Å². The van der Waals surface area contributed by atoms with Gasteiger partial charge in [0.05, 0.1) is 16.9 Å². The van der Waals surface area contributed by atoms with E-state index in [0.29, 0.717) is 0 Å². The molecule has 0 N–H and O–H groups in total. The van der Waals surface area contributed by atoms with E-state index in [1.165, 1.54) is 21.9 Å². The third kappa shape index (κ3) is 5.70. The number of aromatic nitrogens is 1. The molecule has 1 aliphatic heterocycles. The van der Waals surface area contributed by atoms with Crippen LogP contribution in [0.1, 0.15) is 0 Å². The molecule has 0 fully saturated rings. The Morgan fingerprint density at radius 2 is 0.931 bits per heavy atom. The fourth-order valence-corrected chi connectivity index (χ4v) is 8.43. The van der Waals surface area contributed by atoms with Gasteiger partial charge in [-0.2, -0.15) is 0 Å². The molecule has 0 atom stereocenters. The van der Waals surface area contributed by atoms with Crippen LogP contribution in [0.2, 0.25) is 0 Å². The second-order valence-electron chi connectivity index (χ2n) is 14.6. The lowest BCUT2D eigenvalue weighted by atomic mass is 10.0. The maximum atomic E-state index is 7.00. The SMILES string of the molecule is c1ccc(-c2ccc(N(c3ccc(-c4ccc5c(c4)Oc4c(n(-c6ccccc6)c6ccccc46)N5c4ccccc4)cc3)c3cccc4ccccc34)cc2)cc1. The number of ether oxygens (including phenoxy) is 1. The zero-order chi connectivity index (χ0) is 38.4. The summed E-state index contributed by atoms with van der Waals surface area (Å²) in [5.74, 6) is 2.63. The number of benzene rings is 9. The molecule has 1 aromatic heterocycles. The Kier molecular flexibility index (Phi) is 8.11. The average molecular weight is 744 g/mol. The zero-order valence-corrected chi connectivity index (χ0v) is 31.6. The van der Waals surface area contributed by atoms with Crippen molar-refractivity contribution in [2.75, 3.05) is 9.80 Å². The van der Waals surface area contributed by atoms with Crippen LogP contribution in [0.15, 0.2) is 224 Å². The Hall–Kier alpha value is -7.82. The van der Waals surface area contributed by atoms with Gasteiger partial charge in [-0.1, -0.05) is 146 Å². The highest BCUT2D eigenvalue weighted by molar-refractivity contribution is 6.02. The van der Waals surface area contributed by atoms with E-state index in [0.717, 1.165) is 73.5 Å². The first-order valence-corrected chi connectivity index (χ1v) is 19.7. The maximum Gasteiger partial charge on any atom is 0.178 e. The summed E-state index contributed by atoms with van der Waals surface area (Å²) in [6, 6.07) is 79.6. The minimum atomic E-state index is 0.810. The van der Waals surface area contributed by atoms with Crippen LogP contribution in [0, 0.1) is 0 Å². The number of nitrogens with zero attached hydrogens (tertiary/aromatic N) is 3. The first kappa shape index (κ1) is 33.5. The Bertz CT molecular complexity index is 3060. The van der Waals surface area contributed by atoms with Gasteiger partial charge in [0, 0.05) is 33.5 Å². The summed E-state index contributed by atoms with van der Waals surface area (Å²) in [7, 11) is 0. The van der Waals surface area contributed by atoms with E-state index in [1.54, 1.807) is 0 Å². The summed E-state index contributed by atoms with van der Waals surface area (Å²) >= 11 is 0. The molecule has 0 amide bonds. The number of rotatable bonds is 7. The Labute approximate surface area is 337 Å². The quantitative estimate of drug-likeness (QED) is 0.162. The number of fused-ring (bicyclic) bond motifs is 5. The molecule has 9 aromatic carbocycles. The molecule has 1 aliphatic rings. The molecule has 0 spiro atoms. The predicted molar refractivity (Wildman–Crippen MR) is 241 cm³/mol. The van der Waals surface area contributed by atoms with Crippen LogP contribution in [0.25, 0.3) is 49.6 Å². The fourth-order valence-electron chi connectivity index (χ4n) is 8.43. The molecule has 58 heavy (non-hydrogen) atoms. The van der Waals surface area contributed by atoms with E-state index < -0.39 is 0 Å². The van der Waals surface area contributed by atoms with Gasteiger partial charge >= 0.3 is 0 Å². The van der Waals surface area contributed by atoms with E-state index in [1.807, 2.05) is 0 Å². The Morgan fingerprint density at radius 1 is 0.397 bits per heavy atom. The Morgan fingerprint density at radius 3 is 1.64 bits per heavy atom. The van der Waals surface area contributed by atoms with Gasteiger partial charge in [-0.15, -0.1) is 0 Å². The molecule has 10 aromatic rings. The minimum absolute atomic E-state index is 0.810. The maximum absolute atomic E-state index is 7.00. The summed E-state index contributed by atoms with van der Waals surface area (Å²) in [5.41, 5.74) is 12.1. The van der Waals surface area contributed by atoms with Crippen molar-refractivity contribution in [1.82, 2.24) is 4.57 Å². The van der Waals surface area contributed by atoms with Gasteiger partial charge in [0.2, 0.25) is 0 Å². The molecular weight excluding hydrogens is 707 g/mol. The number of anilines is 6. The molecule has 4 nitrogen and oxygen atoms in total. The smallest absolute Gasteiger partial charge is 0.178 e. The van der Waals surface area contributed by atoms with Crippen LogP contribution in [-0.4, -0.2) is 4.57 Å². The number of hydrogen-bond acceptors (Lipinski definition) is 3. The molecule has 274 valence electrons. The molecule has 0 unspecified atom stereocenters. The fraction of sp³-hybridized carbons (Fsp3) is 0. The van der Waals surface area contributed by atoms with E-state index in [2.05, 4.69) is 239 Å². The molecule has 4 heteroatoms. The van der Waals surface area contributed by atoms with E-state index in [-0.39, 0.29) is 0 Å². The van der Waals surface area contributed by atoms with E-state index >= 15 is 0 Å². The topological polar surface area (TPSA) is 20.6 Å². The normalized spacial score (nSPS) is 11.9. The summed E-state index contributed by atoms with van der Waals surface area (Å²) in [6.45, 7) is 0. The lowest BCUT2D eigenvalue weighted by Gasteiger charge is -2.33. The number of para-hydroxylation sites is 3. The van der Waals surface area contributed by atoms with E-state index in [9.17, 15) is 0 Å². The second kappa shape index (κ2) is 14.0. The highest BCUT2D eigenvalue weighted by Crippen LogP contribution is 2.56. The van der Waals surface area contributed by atoms with Gasteiger partial charge in [0.1, 0.15) is 0 Å². The Balaban J connectivity index is 1.01. The van der Waals surface area contributed by atoms with Crippen LogP contribution in [0.4, 0.5) is 34.3 Å². The van der Waals surface area contributed by atoms with Crippen molar-refractivity contribution < 1.29 is 4.74 Å². The molecule has 0 saturated carbocycles. The van der Waals surface area contributed by atoms with E-state index in [4.69, 9.17) is 4.74 Å². The first-order chi connectivity index (χ1) is 28.8. The van der Waals surface area contributed by atoms with Gasteiger partial charge in [0.15, 0.2) is 17.3 Å². The average Bonchev–Trinajstić information content (AvgIpc) is 3.63. The molecule has 2 heterocycles. The largest absolute Gasteiger partial charge is 0.451 e. The predicted octanol–water partition coefficient (Wildman–Crippen LogP) is 15.2. The van der Waals surface area contributed by atoms with Crippen molar-refractivity contribution in [1.29, 1.82) is 0 Å². The van der Waals surface area contributed by atoms with Gasteiger partial charge in [-0.25, -0.2) is 0 Å². The van der Waals surface area contributed by atoms with Crippen LogP contribution in [-0.2, 0) is 0 Å². The van der Waals surface area contributed by atoms with Crippen molar-refractivity contribution in [3.05, 3.63) is 224 Å². The highest BCUT2D eigenvalue weighted by atomic mass is 16.5. The van der Waals surface area contributed by atoms with Crippen molar-refractivity contribution >= 4 is 55.9 Å². The van der Waals surface area contributed by atoms with Gasteiger partial charge in [-0.05, 0) is 107 Å². The highest BCUT2D eigenvalue weighted by Gasteiger charge is 2.33. The third-order valence-corrected chi connectivity index (χ3v) is 11.2. The van der Waals surface area contributed by atoms with Crippen molar-refractivity contribution in [3.63, 3.8) is 0 Å². The summed E-state index contributed by atoms with van der Waals surface area (Å²) in [4.78, 5) is 4.69. The molecule has 0 saturated heterocycles. The summed E-state index contributed by atoms with van der Waals surface area (Å²) in [5, 5.41) is 3.47. The standard InChI is InChI=1S/C54H37N3O/c1-4-15-38(16-5-1)39-27-32-45(33-28-39)55(49-26-14-18-41-17-10-11-23-47(41)49)46-34-29-40(30-35-46)42-31-36-51-52(37-42)58-53-48-24-12-13-25-50(48)56(43-19-6-2-7-20-43)54(53)57(51)44-21-8-3-9-22-44/h1-37H. The van der Waals surface area contributed by atoms with Crippen molar-refractivity contribution in [2.24, 2.45) is 0 Å². The van der Waals surface area contributed by atoms with Crippen LogP contribution >= 0.6 is 0 Å². The monoisotopic (exact) mass is 743 g/mol. The van der Waals surface area contributed by atoms with Gasteiger partial charge in [-0.3, -0.25) is 9.47 Å². The summed E-state index contributed by atoms with van der Waals surface area (Å²) < 4.78 is 9.31. The zero-order valence-electron chi connectivity index (χ0n) is 31.6. The van der Waals surface area contributed by atoms with Crippen LogP contribution < -0.4 is 14.5 Å². The number of hydrogen-bond donors (Lipinski definition) is 0. The molecule has 11 rings (SSSR count). The molecule has 0 radical (unpaired) electrons. The molecular formula is C54H37N3O. The second-order valence-corrected chi connectivity index (χ2v) is 14.6. The van der Waals surface area contributed by atoms with Crippen LogP contribution in [0.3, 0.4) is 0 Å². The van der Waals surface area contributed by atoms with Crippen molar-refractivity contribution in [2.45, 2.75) is 0 Å². The molecule has 0 bridgehead atoms. The van der Waals surface area contributed by atoms with Crippen LogP contribution in [0.5, 0.6) is 11.5 Å². The lowest BCUT2D eigenvalue weighted by molar-refractivity contribution is 0.481. The summed E-state index contributed by atoms with van der Waals surface area (Å²) in [6.07, 6.45) is 0. The third-order valence-electron chi connectivity index (χ3n) is 11.2. The van der Waals surface area contributed by atoms with Gasteiger partial charge in [0.25, 0.3) is 0 Å². The van der Waals surface area contributed by atoms with Crippen molar-refractivity contribution in [3.8, 4) is 39.4 Å². The minimum Gasteiger partial charge on any atom is -0.451 e. The molecule has 0 aliphatic carbocycles.